The Morgan fingerprint density at radius 1 is 1.10 bits per heavy atom. The Labute approximate surface area is 176 Å². The van der Waals surface area contributed by atoms with Crippen molar-refractivity contribution in [1.29, 1.82) is 0 Å². The zero-order valence-corrected chi connectivity index (χ0v) is 17.3. The van der Waals surface area contributed by atoms with Crippen LogP contribution >= 0.6 is 11.3 Å². The third-order valence-corrected chi connectivity index (χ3v) is 4.48. The number of hydrogen-bond acceptors (Lipinski definition) is 8. The van der Waals surface area contributed by atoms with Crippen molar-refractivity contribution in [3.63, 3.8) is 0 Å². The molecule has 1 aromatic carbocycles. The van der Waals surface area contributed by atoms with E-state index in [0.29, 0.717) is 17.4 Å². The van der Waals surface area contributed by atoms with Crippen LogP contribution in [-0.4, -0.2) is 48.4 Å². The van der Waals surface area contributed by atoms with Crippen LogP contribution in [0.15, 0.2) is 29.6 Å². The molecule has 30 heavy (non-hydrogen) atoms. The van der Waals surface area contributed by atoms with E-state index < -0.39 is 36.8 Å². The second-order valence-corrected chi connectivity index (χ2v) is 6.87. The molecule has 0 spiro atoms. The Kier molecular flexibility index (Phi) is 8.75. The van der Waals surface area contributed by atoms with Crippen molar-refractivity contribution < 1.29 is 28.7 Å². The summed E-state index contributed by atoms with van der Waals surface area (Å²) >= 11 is 1.34. The lowest BCUT2D eigenvalue weighted by Gasteiger charge is -2.10. The number of para-hydroxylation sites is 1. The van der Waals surface area contributed by atoms with Gasteiger partial charge in [0.15, 0.2) is 6.61 Å². The molecule has 0 bridgehead atoms. The number of aromatic nitrogens is 1. The average Bonchev–Trinajstić information content (AvgIpc) is 3.14. The van der Waals surface area contributed by atoms with E-state index in [1.807, 2.05) is 12.3 Å². The lowest BCUT2D eigenvalue weighted by Crippen LogP contribution is -2.44. The molecule has 2 aromatic rings. The van der Waals surface area contributed by atoms with Crippen LogP contribution in [0.1, 0.15) is 28.0 Å². The van der Waals surface area contributed by atoms with Gasteiger partial charge >= 0.3 is 5.97 Å². The normalized spacial score (nSPS) is 10.1. The van der Waals surface area contributed by atoms with Crippen LogP contribution < -0.4 is 20.9 Å². The highest BCUT2D eigenvalue weighted by Crippen LogP contribution is 2.17. The fourth-order valence-electron chi connectivity index (χ4n) is 2.22. The maximum absolute atomic E-state index is 12.2. The van der Waals surface area contributed by atoms with E-state index in [-0.39, 0.29) is 12.0 Å². The van der Waals surface area contributed by atoms with Gasteiger partial charge in [-0.05, 0) is 26.0 Å². The van der Waals surface area contributed by atoms with E-state index in [9.17, 15) is 19.2 Å². The van der Waals surface area contributed by atoms with Crippen LogP contribution in [0.3, 0.4) is 0 Å². The second kappa shape index (κ2) is 11.5. The molecule has 0 saturated carbocycles. The molecule has 11 heteroatoms. The molecule has 0 aliphatic heterocycles. The van der Waals surface area contributed by atoms with Gasteiger partial charge in [0.05, 0.1) is 18.6 Å². The number of ether oxygens (including phenoxy) is 2. The summed E-state index contributed by atoms with van der Waals surface area (Å²) in [5.41, 5.74) is 5.43. The number of nitrogens with zero attached hydrogens (tertiary/aromatic N) is 1. The first-order valence-electron chi connectivity index (χ1n) is 9.03. The number of esters is 1. The number of aryl methyl sites for hydroxylation is 1. The Morgan fingerprint density at radius 3 is 2.53 bits per heavy atom. The molecule has 160 valence electrons. The van der Waals surface area contributed by atoms with Crippen LogP contribution in [0.2, 0.25) is 0 Å². The minimum Gasteiger partial charge on any atom is -0.493 e. The second-order valence-electron chi connectivity index (χ2n) is 5.93. The molecule has 3 N–H and O–H groups in total. The number of hydrazine groups is 1. The van der Waals surface area contributed by atoms with Crippen LogP contribution in [0.5, 0.6) is 5.75 Å². The van der Waals surface area contributed by atoms with Crippen LogP contribution in [-0.2, 0) is 25.5 Å². The van der Waals surface area contributed by atoms with Gasteiger partial charge in [-0.1, -0.05) is 12.1 Å². The number of benzene rings is 1. The molecular weight excluding hydrogens is 412 g/mol. The van der Waals surface area contributed by atoms with Gasteiger partial charge in [-0.2, -0.15) is 0 Å². The smallest absolute Gasteiger partial charge is 0.325 e. The monoisotopic (exact) mass is 434 g/mol. The van der Waals surface area contributed by atoms with Crippen molar-refractivity contribution in [3.05, 3.63) is 45.9 Å². The summed E-state index contributed by atoms with van der Waals surface area (Å²) in [5, 5.41) is 4.83. The first-order valence-corrected chi connectivity index (χ1v) is 9.91. The topological polar surface area (TPSA) is 136 Å². The molecule has 10 nitrogen and oxygen atoms in total. The van der Waals surface area contributed by atoms with E-state index >= 15 is 0 Å². The van der Waals surface area contributed by atoms with Gasteiger partial charge in [-0.15, -0.1) is 11.3 Å². The largest absolute Gasteiger partial charge is 0.493 e. The minimum absolute atomic E-state index is 0.0217. The first-order chi connectivity index (χ1) is 14.4. The zero-order chi connectivity index (χ0) is 21.9. The fourth-order valence-corrected chi connectivity index (χ4v) is 2.99. The van der Waals surface area contributed by atoms with Gasteiger partial charge < -0.3 is 14.8 Å². The van der Waals surface area contributed by atoms with Crippen LogP contribution in [0, 0.1) is 6.92 Å². The molecule has 1 heterocycles. The van der Waals surface area contributed by atoms with Gasteiger partial charge in [0.1, 0.15) is 17.3 Å². The van der Waals surface area contributed by atoms with Gasteiger partial charge in [-0.25, -0.2) is 4.98 Å². The summed E-state index contributed by atoms with van der Waals surface area (Å²) in [4.78, 5) is 51.4. The third kappa shape index (κ3) is 7.51. The fraction of sp³-hybridized carbons (Fsp3) is 0.316. The van der Waals surface area contributed by atoms with E-state index in [0.717, 1.165) is 5.69 Å². The Morgan fingerprint density at radius 2 is 1.83 bits per heavy atom. The molecular formula is C19H22N4O6S. The van der Waals surface area contributed by atoms with Gasteiger partial charge in [0.2, 0.25) is 5.91 Å². The van der Waals surface area contributed by atoms with Gasteiger partial charge in [0, 0.05) is 11.1 Å². The summed E-state index contributed by atoms with van der Waals surface area (Å²) in [6.45, 7) is 2.96. The molecule has 0 saturated heterocycles. The molecule has 0 aliphatic rings. The van der Waals surface area contributed by atoms with E-state index in [1.54, 1.807) is 31.2 Å². The van der Waals surface area contributed by atoms with Crippen molar-refractivity contribution in [2.75, 3.05) is 19.8 Å². The number of hydrogen-bond donors (Lipinski definition) is 3. The molecule has 0 atom stereocenters. The average molecular weight is 434 g/mol. The molecule has 0 fully saturated rings. The van der Waals surface area contributed by atoms with Crippen LogP contribution in [0.4, 0.5) is 0 Å². The van der Waals surface area contributed by atoms with Gasteiger partial charge in [0.25, 0.3) is 11.8 Å². The summed E-state index contributed by atoms with van der Waals surface area (Å²) in [5.74, 6) is -2.10. The number of rotatable bonds is 9. The Bertz CT molecular complexity index is 914. The first kappa shape index (κ1) is 22.8. The number of nitrogens with one attached hydrogen (secondary N) is 3. The van der Waals surface area contributed by atoms with Crippen molar-refractivity contribution >= 4 is 35.0 Å². The molecule has 3 amide bonds. The standard InChI is InChI=1S/C19H22N4O6S/c1-3-28-14-7-5-4-6-13(14)19(27)20-9-18(26)29-10-16(25)23-22-15(24)8-17-21-12(2)11-30-17/h4-7,11H,3,8-10H2,1-2H3,(H,20,27)(H,22,24)(H,23,25). The Hall–Kier alpha value is -3.47. The van der Waals surface area contributed by atoms with E-state index in [2.05, 4.69) is 21.2 Å². The maximum atomic E-state index is 12.2. The van der Waals surface area contributed by atoms with Crippen molar-refractivity contribution in [1.82, 2.24) is 21.2 Å². The molecule has 1 aromatic heterocycles. The predicted molar refractivity (Wildman–Crippen MR) is 108 cm³/mol. The quantitative estimate of drug-likeness (QED) is 0.387. The predicted octanol–water partition coefficient (Wildman–Crippen LogP) is 0.513. The Balaban J connectivity index is 1.67. The lowest BCUT2D eigenvalue weighted by atomic mass is 10.2. The van der Waals surface area contributed by atoms with E-state index in [4.69, 9.17) is 9.47 Å². The highest BCUT2D eigenvalue weighted by molar-refractivity contribution is 7.09. The zero-order valence-electron chi connectivity index (χ0n) is 16.5. The highest BCUT2D eigenvalue weighted by atomic mass is 32.1. The molecule has 0 radical (unpaired) electrons. The summed E-state index contributed by atoms with van der Waals surface area (Å²) in [6, 6.07) is 6.61. The molecule has 0 unspecified atom stereocenters. The van der Waals surface area contributed by atoms with Gasteiger partial charge in [-0.3, -0.25) is 30.0 Å². The van der Waals surface area contributed by atoms with Crippen LogP contribution in [0.25, 0.3) is 0 Å². The number of amides is 3. The molecule has 0 aliphatic carbocycles. The highest BCUT2D eigenvalue weighted by Gasteiger charge is 2.15. The number of carbonyl (C=O) groups is 4. The van der Waals surface area contributed by atoms with E-state index in [1.165, 1.54) is 11.3 Å². The summed E-state index contributed by atoms with van der Waals surface area (Å²) < 4.78 is 10.1. The maximum Gasteiger partial charge on any atom is 0.325 e. The minimum atomic E-state index is -0.808. The third-order valence-electron chi connectivity index (χ3n) is 3.51. The lowest BCUT2D eigenvalue weighted by molar-refractivity contribution is -0.148. The summed E-state index contributed by atoms with van der Waals surface area (Å²) in [7, 11) is 0. The summed E-state index contributed by atoms with van der Waals surface area (Å²) in [6.07, 6.45) is 0.0217. The SMILES string of the molecule is CCOc1ccccc1C(=O)NCC(=O)OCC(=O)NNC(=O)Cc1nc(C)cs1. The van der Waals surface area contributed by atoms with Crippen molar-refractivity contribution in [3.8, 4) is 5.75 Å². The number of carbonyl (C=O) groups excluding carboxylic acids is 4. The molecule has 2 rings (SSSR count). The van der Waals surface area contributed by atoms with Crippen molar-refractivity contribution in [2.45, 2.75) is 20.3 Å². The number of thiazole rings is 1. The van der Waals surface area contributed by atoms with Crippen molar-refractivity contribution in [2.24, 2.45) is 0 Å².